The van der Waals surface area contributed by atoms with E-state index in [4.69, 9.17) is 11.6 Å². The summed E-state index contributed by atoms with van der Waals surface area (Å²) in [6.45, 7) is 5.12. The SMILES string of the molecule is Cc1cc(C)n(CCCNS(=O)(=O)CCCCCl)n1. The Morgan fingerprint density at radius 3 is 2.63 bits per heavy atom. The molecular formula is C12H22ClN3O2S. The number of hydrogen-bond acceptors (Lipinski definition) is 3. The van der Waals surface area contributed by atoms with Crippen LogP contribution < -0.4 is 4.72 Å². The first-order valence-corrected chi connectivity index (χ1v) is 8.67. The van der Waals surface area contributed by atoms with Crippen molar-refractivity contribution in [2.45, 2.75) is 39.7 Å². The molecule has 1 heterocycles. The summed E-state index contributed by atoms with van der Waals surface area (Å²) in [4.78, 5) is 0. The number of alkyl halides is 1. The van der Waals surface area contributed by atoms with E-state index in [0.29, 0.717) is 18.8 Å². The van der Waals surface area contributed by atoms with Crippen LogP contribution in [-0.2, 0) is 16.6 Å². The summed E-state index contributed by atoms with van der Waals surface area (Å²) in [5.74, 6) is 0.660. The third-order valence-corrected chi connectivity index (χ3v) is 4.51. The summed E-state index contributed by atoms with van der Waals surface area (Å²) >= 11 is 5.52. The van der Waals surface area contributed by atoms with Crippen LogP contribution in [0.15, 0.2) is 6.07 Å². The van der Waals surface area contributed by atoms with Crippen molar-refractivity contribution in [1.29, 1.82) is 0 Å². The lowest BCUT2D eigenvalue weighted by molar-refractivity contribution is 0.543. The standard InChI is InChI=1S/C12H22ClN3O2S/c1-11-10-12(2)16(15-11)8-5-7-14-19(17,18)9-4-3-6-13/h10,14H,3-9H2,1-2H3. The Morgan fingerprint density at radius 1 is 1.32 bits per heavy atom. The second kappa shape index (κ2) is 7.87. The summed E-state index contributed by atoms with van der Waals surface area (Å²) in [6.07, 6.45) is 2.07. The fourth-order valence-electron chi connectivity index (χ4n) is 1.82. The highest BCUT2D eigenvalue weighted by Gasteiger charge is 2.08. The zero-order chi connectivity index (χ0) is 14.3. The Labute approximate surface area is 120 Å². The molecule has 0 unspecified atom stereocenters. The van der Waals surface area contributed by atoms with E-state index in [2.05, 4.69) is 9.82 Å². The van der Waals surface area contributed by atoms with Crippen LogP contribution in [0.1, 0.15) is 30.7 Å². The number of aromatic nitrogens is 2. The van der Waals surface area contributed by atoms with Gasteiger partial charge in [0.25, 0.3) is 0 Å². The van der Waals surface area contributed by atoms with Crippen molar-refractivity contribution in [3.63, 3.8) is 0 Å². The van der Waals surface area contributed by atoms with Crippen molar-refractivity contribution < 1.29 is 8.42 Å². The summed E-state index contributed by atoms with van der Waals surface area (Å²) in [5, 5.41) is 4.33. The molecule has 110 valence electrons. The summed E-state index contributed by atoms with van der Waals surface area (Å²) in [5.41, 5.74) is 2.08. The van der Waals surface area contributed by atoms with E-state index < -0.39 is 10.0 Å². The fourth-order valence-corrected chi connectivity index (χ4v) is 3.19. The largest absolute Gasteiger partial charge is 0.270 e. The Bertz CT molecular complexity index is 485. The number of halogens is 1. The van der Waals surface area contributed by atoms with Crippen molar-refractivity contribution in [1.82, 2.24) is 14.5 Å². The second-order valence-electron chi connectivity index (χ2n) is 4.61. The van der Waals surface area contributed by atoms with Crippen molar-refractivity contribution in [3.8, 4) is 0 Å². The molecule has 0 bridgehead atoms. The molecule has 19 heavy (non-hydrogen) atoms. The zero-order valence-corrected chi connectivity index (χ0v) is 13.1. The number of rotatable bonds is 9. The molecule has 0 fully saturated rings. The molecule has 1 aromatic heterocycles. The molecule has 0 saturated heterocycles. The minimum Gasteiger partial charge on any atom is -0.270 e. The molecule has 1 rings (SSSR count). The van der Waals surface area contributed by atoms with Gasteiger partial charge in [0.05, 0.1) is 11.4 Å². The van der Waals surface area contributed by atoms with Crippen molar-refractivity contribution in [3.05, 3.63) is 17.5 Å². The van der Waals surface area contributed by atoms with Crippen molar-refractivity contribution in [2.75, 3.05) is 18.2 Å². The van der Waals surface area contributed by atoms with Crippen LogP contribution in [-0.4, -0.2) is 36.4 Å². The molecule has 0 aliphatic heterocycles. The molecule has 0 atom stereocenters. The van der Waals surface area contributed by atoms with E-state index >= 15 is 0 Å². The van der Waals surface area contributed by atoms with Crippen molar-refractivity contribution >= 4 is 21.6 Å². The number of unbranched alkanes of at least 4 members (excludes halogenated alkanes) is 1. The zero-order valence-electron chi connectivity index (χ0n) is 11.5. The highest BCUT2D eigenvalue weighted by molar-refractivity contribution is 7.89. The van der Waals surface area contributed by atoms with Gasteiger partial charge in [-0.3, -0.25) is 4.68 Å². The van der Waals surface area contributed by atoms with Gasteiger partial charge in [-0.05, 0) is 39.2 Å². The Morgan fingerprint density at radius 2 is 2.05 bits per heavy atom. The molecular weight excluding hydrogens is 286 g/mol. The highest BCUT2D eigenvalue weighted by Crippen LogP contribution is 2.02. The Kier molecular flexibility index (Phi) is 6.82. The number of nitrogens with one attached hydrogen (secondary N) is 1. The minimum absolute atomic E-state index is 0.152. The maximum Gasteiger partial charge on any atom is 0.211 e. The summed E-state index contributed by atoms with van der Waals surface area (Å²) in [6, 6.07) is 2.01. The normalized spacial score (nSPS) is 11.9. The molecule has 0 saturated carbocycles. The lowest BCUT2D eigenvalue weighted by Crippen LogP contribution is -2.28. The van der Waals surface area contributed by atoms with Crippen LogP contribution in [0.2, 0.25) is 0 Å². The molecule has 5 nitrogen and oxygen atoms in total. The quantitative estimate of drug-likeness (QED) is 0.559. The fraction of sp³-hybridized carbons (Fsp3) is 0.750. The van der Waals surface area contributed by atoms with E-state index in [1.807, 2.05) is 24.6 Å². The van der Waals surface area contributed by atoms with Gasteiger partial charge in [-0.15, -0.1) is 11.6 Å². The lowest BCUT2D eigenvalue weighted by atomic mass is 10.4. The highest BCUT2D eigenvalue weighted by atomic mass is 35.5. The first kappa shape index (κ1) is 16.5. The topological polar surface area (TPSA) is 64.0 Å². The summed E-state index contributed by atoms with van der Waals surface area (Å²) in [7, 11) is -3.15. The van der Waals surface area contributed by atoms with E-state index in [9.17, 15) is 8.42 Å². The predicted octanol–water partition coefficient (Wildman–Crippen LogP) is 1.83. The molecule has 0 spiro atoms. The third-order valence-electron chi connectivity index (χ3n) is 2.77. The molecule has 0 amide bonds. The molecule has 0 aliphatic rings. The molecule has 1 N–H and O–H groups in total. The Hall–Kier alpha value is -0.590. The molecule has 0 aromatic carbocycles. The van der Waals surface area contributed by atoms with Gasteiger partial charge in [0.2, 0.25) is 10.0 Å². The first-order chi connectivity index (χ1) is 8.94. The van der Waals surface area contributed by atoms with Gasteiger partial charge in [0, 0.05) is 24.7 Å². The van der Waals surface area contributed by atoms with Crippen LogP contribution >= 0.6 is 11.6 Å². The van der Waals surface area contributed by atoms with Crippen LogP contribution in [0, 0.1) is 13.8 Å². The lowest BCUT2D eigenvalue weighted by Gasteiger charge is -2.07. The van der Waals surface area contributed by atoms with Gasteiger partial charge in [-0.1, -0.05) is 0 Å². The average Bonchev–Trinajstić information content (AvgIpc) is 2.64. The maximum atomic E-state index is 11.6. The van der Waals surface area contributed by atoms with Gasteiger partial charge in [-0.2, -0.15) is 5.10 Å². The van der Waals surface area contributed by atoms with Gasteiger partial charge in [0.15, 0.2) is 0 Å². The van der Waals surface area contributed by atoms with Gasteiger partial charge in [-0.25, -0.2) is 13.1 Å². The number of aryl methyl sites for hydroxylation is 3. The molecule has 0 radical (unpaired) electrons. The predicted molar refractivity (Wildman–Crippen MR) is 78.1 cm³/mol. The van der Waals surface area contributed by atoms with Crippen LogP contribution in [0.3, 0.4) is 0 Å². The molecule has 7 heteroatoms. The number of sulfonamides is 1. The van der Waals surface area contributed by atoms with E-state index in [0.717, 1.165) is 30.8 Å². The second-order valence-corrected chi connectivity index (χ2v) is 6.92. The van der Waals surface area contributed by atoms with Crippen molar-refractivity contribution in [2.24, 2.45) is 0 Å². The number of hydrogen-bond donors (Lipinski definition) is 1. The van der Waals surface area contributed by atoms with Crippen LogP contribution in [0.5, 0.6) is 0 Å². The van der Waals surface area contributed by atoms with Crippen LogP contribution in [0.25, 0.3) is 0 Å². The number of nitrogens with zero attached hydrogens (tertiary/aromatic N) is 2. The minimum atomic E-state index is -3.15. The maximum absolute atomic E-state index is 11.6. The smallest absolute Gasteiger partial charge is 0.211 e. The van der Waals surface area contributed by atoms with Gasteiger partial charge >= 0.3 is 0 Å². The monoisotopic (exact) mass is 307 g/mol. The Balaban J connectivity index is 2.25. The first-order valence-electron chi connectivity index (χ1n) is 6.49. The molecule has 1 aromatic rings. The van der Waals surface area contributed by atoms with Crippen LogP contribution in [0.4, 0.5) is 0 Å². The van der Waals surface area contributed by atoms with E-state index in [1.165, 1.54) is 0 Å². The van der Waals surface area contributed by atoms with E-state index in [-0.39, 0.29) is 5.75 Å². The van der Waals surface area contributed by atoms with E-state index in [1.54, 1.807) is 0 Å². The third kappa shape index (κ3) is 6.40. The van der Waals surface area contributed by atoms with Gasteiger partial charge in [0.1, 0.15) is 0 Å². The average molecular weight is 308 g/mol. The molecule has 0 aliphatic carbocycles. The van der Waals surface area contributed by atoms with Gasteiger partial charge < -0.3 is 0 Å². The summed E-state index contributed by atoms with van der Waals surface area (Å²) < 4.78 is 27.7.